The predicted molar refractivity (Wildman–Crippen MR) is 111 cm³/mol. The molecule has 4 aromatic rings. The second-order valence-corrected chi connectivity index (χ2v) is 6.33. The van der Waals surface area contributed by atoms with E-state index in [1.165, 1.54) is 6.07 Å². The molecule has 4 rings (SSSR count). The molecule has 0 heterocycles. The Kier molecular flexibility index (Phi) is 4.93. The maximum absolute atomic E-state index is 14.9. The molecule has 0 atom stereocenters. The molecule has 0 amide bonds. The van der Waals surface area contributed by atoms with E-state index in [-0.39, 0.29) is 5.82 Å². The molecule has 0 aliphatic carbocycles. The van der Waals surface area contributed by atoms with Crippen molar-refractivity contribution < 1.29 is 4.39 Å². The van der Waals surface area contributed by atoms with E-state index in [1.54, 1.807) is 6.07 Å². The van der Waals surface area contributed by atoms with Crippen molar-refractivity contribution in [1.29, 1.82) is 0 Å². The Hall–Kier alpha value is -3.45. The Morgan fingerprint density at radius 1 is 0.407 bits per heavy atom. The second kappa shape index (κ2) is 7.84. The van der Waals surface area contributed by atoms with Crippen molar-refractivity contribution in [3.05, 3.63) is 143 Å². The zero-order valence-corrected chi connectivity index (χ0v) is 14.8. The minimum absolute atomic E-state index is 0.222. The first kappa shape index (κ1) is 17.0. The summed E-state index contributed by atoms with van der Waals surface area (Å²) >= 11 is 0. The number of hydrogen-bond acceptors (Lipinski definition) is 0. The SMILES string of the molecule is Fc1ccccc1C(=C(c1ccccc1)c1ccccc1)c1ccccc1. The quantitative estimate of drug-likeness (QED) is 0.354. The van der Waals surface area contributed by atoms with Gasteiger partial charge in [-0.1, -0.05) is 109 Å². The molecule has 0 nitrogen and oxygen atoms in total. The van der Waals surface area contributed by atoms with Crippen molar-refractivity contribution in [1.82, 2.24) is 0 Å². The van der Waals surface area contributed by atoms with Crippen molar-refractivity contribution in [3.8, 4) is 0 Å². The molecule has 0 aliphatic heterocycles. The van der Waals surface area contributed by atoms with Gasteiger partial charge in [0, 0.05) is 11.1 Å². The van der Waals surface area contributed by atoms with Crippen LogP contribution in [0.3, 0.4) is 0 Å². The van der Waals surface area contributed by atoms with Gasteiger partial charge in [0.05, 0.1) is 0 Å². The number of benzene rings is 4. The van der Waals surface area contributed by atoms with Crippen LogP contribution in [-0.4, -0.2) is 0 Å². The van der Waals surface area contributed by atoms with Gasteiger partial charge in [-0.05, 0) is 28.3 Å². The molecule has 27 heavy (non-hydrogen) atoms. The van der Waals surface area contributed by atoms with Gasteiger partial charge in [-0.25, -0.2) is 4.39 Å². The van der Waals surface area contributed by atoms with E-state index >= 15 is 0 Å². The predicted octanol–water partition coefficient (Wildman–Crippen LogP) is 6.83. The monoisotopic (exact) mass is 350 g/mol. The van der Waals surface area contributed by atoms with Gasteiger partial charge in [0.2, 0.25) is 0 Å². The first-order valence-electron chi connectivity index (χ1n) is 9.00. The topological polar surface area (TPSA) is 0 Å². The average molecular weight is 350 g/mol. The molecular weight excluding hydrogens is 331 g/mol. The molecule has 0 bridgehead atoms. The van der Waals surface area contributed by atoms with Crippen LogP contribution in [0.15, 0.2) is 115 Å². The lowest BCUT2D eigenvalue weighted by Crippen LogP contribution is -1.99. The van der Waals surface area contributed by atoms with Crippen LogP contribution in [-0.2, 0) is 0 Å². The van der Waals surface area contributed by atoms with Crippen molar-refractivity contribution in [2.45, 2.75) is 0 Å². The van der Waals surface area contributed by atoms with E-state index in [1.807, 2.05) is 78.9 Å². The van der Waals surface area contributed by atoms with Gasteiger partial charge in [-0.15, -0.1) is 0 Å². The van der Waals surface area contributed by atoms with E-state index < -0.39 is 0 Å². The van der Waals surface area contributed by atoms with Crippen LogP contribution in [0.4, 0.5) is 4.39 Å². The maximum atomic E-state index is 14.9. The van der Waals surface area contributed by atoms with Gasteiger partial charge in [0.15, 0.2) is 0 Å². The van der Waals surface area contributed by atoms with Gasteiger partial charge in [-0.3, -0.25) is 0 Å². The molecule has 0 unspecified atom stereocenters. The second-order valence-electron chi connectivity index (χ2n) is 6.33. The van der Waals surface area contributed by atoms with Crippen molar-refractivity contribution >= 4 is 11.1 Å². The van der Waals surface area contributed by atoms with Crippen molar-refractivity contribution in [2.75, 3.05) is 0 Å². The van der Waals surface area contributed by atoms with Crippen LogP contribution in [0.1, 0.15) is 22.3 Å². The first-order chi connectivity index (χ1) is 13.3. The van der Waals surface area contributed by atoms with Gasteiger partial charge in [0.1, 0.15) is 5.82 Å². The smallest absolute Gasteiger partial charge is 0.131 e. The van der Waals surface area contributed by atoms with E-state index in [0.717, 1.165) is 27.8 Å². The Balaban J connectivity index is 2.12. The first-order valence-corrected chi connectivity index (χ1v) is 9.00. The summed E-state index contributed by atoms with van der Waals surface area (Å²) in [6, 6.07) is 37.4. The van der Waals surface area contributed by atoms with E-state index in [9.17, 15) is 4.39 Å². The Morgan fingerprint density at radius 3 is 1.22 bits per heavy atom. The third kappa shape index (κ3) is 3.58. The lowest BCUT2D eigenvalue weighted by molar-refractivity contribution is 0.624. The third-order valence-corrected chi connectivity index (χ3v) is 4.58. The summed E-state index contributed by atoms with van der Waals surface area (Å²) in [6.45, 7) is 0. The molecule has 0 fully saturated rings. The number of hydrogen-bond donors (Lipinski definition) is 0. The number of halogens is 1. The molecule has 0 N–H and O–H groups in total. The van der Waals surface area contributed by atoms with Crippen molar-refractivity contribution in [3.63, 3.8) is 0 Å². The summed E-state index contributed by atoms with van der Waals surface area (Å²) in [5.74, 6) is -0.222. The normalized spacial score (nSPS) is 10.4. The summed E-state index contributed by atoms with van der Waals surface area (Å²) in [4.78, 5) is 0. The fourth-order valence-corrected chi connectivity index (χ4v) is 3.37. The highest BCUT2D eigenvalue weighted by Gasteiger charge is 2.18. The largest absolute Gasteiger partial charge is 0.206 e. The molecular formula is C26H19F. The van der Waals surface area contributed by atoms with Gasteiger partial charge in [-0.2, -0.15) is 0 Å². The lowest BCUT2D eigenvalue weighted by Gasteiger charge is -2.18. The van der Waals surface area contributed by atoms with Gasteiger partial charge < -0.3 is 0 Å². The highest BCUT2D eigenvalue weighted by atomic mass is 19.1. The molecule has 0 aliphatic rings. The van der Waals surface area contributed by atoms with Crippen LogP contribution in [0.5, 0.6) is 0 Å². The molecule has 1 heteroatoms. The van der Waals surface area contributed by atoms with E-state index in [4.69, 9.17) is 0 Å². The molecule has 0 radical (unpaired) electrons. The van der Waals surface area contributed by atoms with Crippen LogP contribution in [0.2, 0.25) is 0 Å². The van der Waals surface area contributed by atoms with Crippen LogP contribution >= 0.6 is 0 Å². The van der Waals surface area contributed by atoms with Crippen molar-refractivity contribution in [2.24, 2.45) is 0 Å². The summed E-state index contributed by atoms with van der Waals surface area (Å²) in [5.41, 5.74) is 5.63. The minimum Gasteiger partial charge on any atom is -0.206 e. The fourth-order valence-electron chi connectivity index (χ4n) is 3.37. The summed E-state index contributed by atoms with van der Waals surface area (Å²) in [7, 11) is 0. The zero-order chi connectivity index (χ0) is 18.5. The van der Waals surface area contributed by atoms with E-state index in [2.05, 4.69) is 24.3 Å². The zero-order valence-electron chi connectivity index (χ0n) is 14.8. The summed E-state index contributed by atoms with van der Waals surface area (Å²) in [6.07, 6.45) is 0. The lowest BCUT2D eigenvalue weighted by atomic mass is 9.85. The van der Waals surface area contributed by atoms with E-state index in [0.29, 0.717) is 5.56 Å². The molecule has 0 saturated carbocycles. The maximum Gasteiger partial charge on any atom is 0.131 e. The van der Waals surface area contributed by atoms with Crippen LogP contribution in [0.25, 0.3) is 11.1 Å². The molecule has 4 aromatic carbocycles. The van der Waals surface area contributed by atoms with Gasteiger partial charge in [0.25, 0.3) is 0 Å². The highest BCUT2D eigenvalue weighted by Crippen LogP contribution is 2.37. The van der Waals surface area contributed by atoms with Crippen LogP contribution in [0, 0.1) is 5.82 Å². The Morgan fingerprint density at radius 2 is 0.778 bits per heavy atom. The van der Waals surface area contributed by atoms with Crippen LogP contribution < -0.4 is 0 Å². The molecule has 0 saturated heterocycles. The Bertz CT molecular complexity index is 1010. The Labute approximate surface area is 159 Å². The third-order valence-electron chi connectivity index (χ3n) is 4.58. The molecule has 0 aromatic heterocycles. The number of rotatable bonds is 4. The standard InChI is InChI=1S/C26H19F/c27-24-19-11-10-18-23(24)26(22-16-8-3-9-17-22)25(20-12-4-1-5-13-20)21-14-6-2-7-15-21/h1-19H. The van der Waals surface area contributed by atoms with Gasteiger partial charge >= 0.3 is 0 Å². The summed E-state index contributed by atoms with van der Waals surface area (Å²) < 4.78 is 14.9. The minimum atomic E-state index is -0.222. The molecule has 130 valence electrons. The molecule has 0 spiro atoms. The highest BCUT2D eigenvalue weighted by molar-refractivity contribution is 6.04. The summed E-state index contributed by atoms with van der Waals surface area (Å²) in [5, 5.41) is 0. The average Bonchev–Trinajstić information content (AvgIpc) is 2.74. The fraction of sp³-hybridized carbons (Fsp3) is 0.